The maximum atomic E-state index is 11.5. The first kappa shape index (κ1) is 16.3. The average Bonchev–Trinajstić information content (AvgIpc) is 2.87. The molecule has 1 aromatic rings. The Labute approximate surface area is 134 Å². The van der Waals surface area contributed by atoms with Gasteiger partial charge in [-0.25, -0.2) is 0 Å². The van der Waals surface area contributed by atoms with E-state index in [9.17, 15) is 4.79 Å². The lowest BCUT2D eigenvalue weighted by Gasteiger charge is -2.21. The van der Waals surface area contributed by atoms with Crippen molar-refractivity contribution in [2.24, 2.45) is 0 Å². The van der Waals surface area contributed by atoms with Gasteiger partial charge >= 0.3 is 5.97 Å². The number of nitrogens with one attached hydrogen (secondary N) is 1. The minimum atomic E-state index is -0.271. The van der Waals surface area contributed by atoms with Gasteiger partial charge in [0.05, 0.1) is 11.6 Å². The Morgan fingerprint density at radius 2 is 2.10 bits per heavy atom. The molecule has 1 heterocycles. The lowest BCUT2D eigenvalue weighted by atomic mass is 9.87. The van der Waals surface area contributed by atoms with Crippen molar-refractivity contribution in [3.05, 3.63) is 28.2 Å². The molecule has 1 N–H and O–H groups in total. The van der Waals surface area contributed by atoms with Crippen LogP contribution in [0.2, 0.25) is 0 Å². The van der Waals surface area contributed by atoms with Crippen molar-refractivity contribution < 1.29 is 14.3 Å². The van der Waals surface area contributed by atoms with Crippen LogP contribution in [0.25, 0.3) is 0 Å². The third-order valence-corrected chi connectivity index (χ3v) is 4.29. The van der Waals surface area contributed by atoms with Gasteiger partial charge in [-0.3, -0.25) is 4.79 Å². The zero-order chi connectivity index (χ0) is 15.6. The number of hydrogen-bond acceptors (Lipinski definition) is 4. The van der Waals surface area contributed by atoms with Crippen molar-refractivity contribution >= 4 is 21.9 Å². The third-order valence-electron chi connectivity index (χ3n) is 3.67. The summed E-state index contributed by atoms with van der Waals surface area (Å²) < 4.78 is 11.7. The Bertz CT molecular complexity index is 525. The fourth-order valence-electron chi connectivity index (χ4n) is 2.36. The van der Waals surface area contributed by atoms with E-state index in [0.29, 0.717) is 13.0 Å². The molecule has 5 heteroatoms. The Morgan fingerprint density at radius 1 is 1.38 bits per heavy atom. The van der Waals surface area contributed by atoms with Crippen LogP contribution < -0.4 is 10.1 Å². The van der Waals surface area contributed by atoms with Crippen molar-refractivity contribution in [3.8, 4) is 5.75 Å². The Balaban J connectivity index is 2.03. The topological polar surface area (TPSA) is 47.6 Å². The summed E-state index contributed by atoms with van der Waals surface area (Å²) in [4.78, 5) is 11.5. The van der Waals surface area contributed by atoms with E-state index < -0.39 is 0 Å². The van der Waals surface area contributed by atoms with Crippen molar-refractivity contribution in [1.82, 2.24) is 5.32 Å². The number of hydrogen-bond donors (Lipinski definition) is 1. The fourth-order valence-corrected chi connectivity index (χ4v) is 2.83. The van der Waals surface area contributed by atoms with Gasteiger partial charge in [0.1, 0.15) is 17.9 Å². The smallest absolute Gasteiger partial charge is 0.323 e. The summed E-state index contributed by atoms with van der Waals surface area (Å²) >= 11 is 3.57. The van der Waals surface area contributed by atoms with Crippen LogP contribution in [0, 0.1) is 0 Å². The second-order valence-electron chi connectivity index (χ2n) is 6.35. The molecule has 0 amide bonds. The molecule has 1 aromatic carbocycles. The van der Waals surface area contributed by atoms with Gasteiger partial charge in [0, 0.05) is 13.0 Å². The van der Waals surface area contributed by atoms with E-state index in [4.69, 9.17) is 9.47 Å². The number of carbonyl (C=O) groups excluding carboxylic acids is 1. The number of rotatable bonds is 3. The molecular weight excluding hydrogens is 334 g/mol. The number of methoxy groups -OCH3 is 1. The summed E-state index contributed by atoms with van der Waals surface area (Å²) in [6.45, 7) is 7.18. The van der Waals surface area contributed by atoms with Gasteiger partial charge in [0.2, 0.25) is 0 Å². The highest BCUT2D eigenvalue weighted by Crippen LogP contribution is 2.32. The summed E-state index contributed by atoms with van der Waals surface area (Å²) in [5.74, 6) is 0.573. The lowest BCUT2D eigenvalue weighted by Crippen LogP contribution is -2.31. The van der Waals surface area contributed by atoms with Crippen LogP contribution in [-0.2, 0) is 14.9 Å². The third kappa shape index (κ3) is 3.98. The number of esters is 1. The van der Waals surface area contributed by atoms with Crippen LogP contribution in [0.1, 0.15) is 32.8 Å². The van der Waals surface area contributed by atoms with Crippen LogP contribution in [0.4, 0.5) is 0 Å². The molecule has 21 heavy (non-hydrogen) atoms. The summed E-state index contributed by atoms with van der Waals surface area (Å²) in [6.07, 6.45) is 0.603. The van der Waals surface area contributed by atoms with Crippen LogP contribution >= 0.6 is 15.9 Å². The average molecular weight is 356 g/mol. The van der Waals surface area contributed by atoms with Crippen molar-refractivity contribution in [1.29, 1.82) is 0 Å². The van der Waals surface area contributed by atoms with Gasteiger partial charge in [-0.2, -0.15) is 0 Å². The first-order valence-corrected chi connectivity index (χ1v) is 7.88. The zero-order valence-corrected chi connectivity index (χ0v) is 14.5. The molecular formula is C16H22BrNO3. The molecule has 0 unspecified atom stereocenters. The Hall–Kier alpha value is -1.07. The van der Waals surface area contributed by atoms with E-state index in [-0.39, 0.29) is 23.5 Å². The highest BCUT2D eigenvalue weighted by molar-refractivity contribution is 9.10. The van der Waals surface area contributed by atoms with Gasteiger partial charge in [-0.1, -0.05) is 26.8 Å². The van der Waals surface area contributed by atoms with E-state index in [1.54, 1.807) is 0 Å². The molecule has 0 radical (unpaired) electrons. The van der Waals surface area contributed by atoms with Gasteiger partial charge < -0.3 is 14.8 Å². The van der Waals surface area contributed by atoms with E-state index in [1.807, 2.05) is 6.07 Å². The maximum Gasteiger partial charge on any atom is 0.323 e. The molecule has 0 saturated carbocycles. The highest BCUT2D eigenvalue weighted by Gasteiger charge is 2.31. The van der Waals surface area contributed by atoms with Crippen LogP contribution in [0.3, 0.4) is 0 Å². The van der Waals surface area contributed by atoms with E-state index >= 15 is 0 Å². The zero-order valence-electron chi connectivity index (χ0n) is 12.9. The molecule has 2 rings (SSSR count). The Kier molecular flexibility index (Phi) is 4.94. The summed E-state index contributed by atoms with van der Waals surface area (Å²) in [5, 5.41) is 3.12. The lowest BCUT2D eigenvalue weighted by molar-refractivity contribution is -0.142. The predicted molar refractivity (Wildman–Crippen MR) is 85.7 cm³/mol. The second-order valence-corrected chi connectivity index (χ2v) is 7.21. The largest absolute Gasteiger partial charge is 0.488 e. The number of benzene rings is 1. The molecule has 0 aliphatic carbocycles. The fraction of sp³-hybridized carbons (Fsp3) is 0.562. The summed E-state index contributed by atoms with van der Waals surface area (Å²) in [5.41, 5.74) is 1.35. The molecule has 1 fully saturated rings. The van der Waals surface area contributed by atoms with Crippen LogP contribution in [0.15, 0.2) is 22.7 Å². The molecule has 116 valence electrons. The standard InChI is InChI=1S/C16H22BrNO3/c1-16(2,3)10-5-6-14(12(17)7-10)21-11-8-13(18-9-11)15(19)20-4/h5-7,11,13,18H,8-9H2,1-4H3/t11-,13+/m1/s1. The molecule has 0 spiro atoms. The van der Waals surface area contributed by atoms with E-state index in [0.717, 1.165) is 10.2 Å². The molecule has 2 atom stereocenters. The maximum absolute atomic E-state index is 11.5. The number of halogens is 1. The molecule has 1 aliphatic heterocycles. The molecule has 0 aromatic heterocycles. The van der Waals surface area contributed by atoms with Gasteiger partial charge in [0.15, 0.2) is 0 Å². The monoisotopic (exact) mass is 355 g/mol. The molecule has 1 saturated heterocycles. The second kappa shape index (κ2) is 6.36. The summed E-state index contributed by atoms with van der Waals surface area (Å²) in [7, 11) is 1.40. The van der Waals surface area contributed by atoms with E-state index in [2.05, 4.69) is 54.2 Å². The van der Waals surface area contributed by atoms with Gasteiger partial charge in [0.25, 0.3) is 0 Å². The molecule has 4 nitrogen and oxygen atoms in total. The summed E-state index contributed by atoms with van der Waals surface area (Å²) in [6, 6.07) is 5.89. The number of carbonyl (C=O) groups is 1. The first-order valence-electron chi connectivity index (χ1n) is 7.09. The highest BCUT2D eigenvalue weighted by atomic mass is 79.9. The van der Waals surface area contributed by atoms with E-state index in [1.165, 1.54) is 12.7 Å². The Morgan fingerprint density at radius 3 is 2.67 bits per heavy atom. The molecule has 1 aliphatic rings. The van der Waals surface area contributed by atoms with Crippen LogP contribution in [-0.4, -0.2) is 31.8 Å². The van der Waals surface area contributed by atoms with Crippen molar-refractivity contribution in [2.75, 3.05) is 13.7 Å². The van der Waals surface area contributed by atoms with Crippen LogP contribution in [0.5, 0.6) is 5.75 Å². The van der Waals surface area contributed by atoms with Gasteiger partial charge in [-0.05, 0) is 39.0 Å². The number of ether oxygens (including phenoxy) is 2. The van der Waals surface area contributed by atoms with Crippen molar-refractivity contribution in [2.45, 2.75) is 44.8 Å². The normalized spacial score (nSPS) is 22.1. The first-order chi connectivity index (χ1) is 9.81. The minimum absolute atomic E-state index is 0.0223. The SMILES string of the molecule is COC(=O)[C@@H]1C[C@@H](Oc2ccc(C(C)(C)C)cc2Br)CN1. The minimum Gasteiger partial charge on any atom is -0.488 e. The predicted octanol–water partition coefficient (Wildman–Crippen LogP) is 3.03. The quantitative estimate of drug-likeness (QED) is 0.846. The van der Waals surface area contributed by atoms with Gasteiger partial charge in [-0.15, -0.1) is 0 Å². The van der Waals surface area contributed by atoms with Crippen molar-refractivity contribution in [3.63, 3.8) is 0 Å². The molecule has 0 bridgehead atoms.